The van der Waals surface area contributed by atoms with Crippen LogP contribution in [0.3, 0.4) is 0 Å². The fourth-order valence-corrected chi connectivity index (χ4v) is 3.76. The summed E-state index contributed by atoms with van der Waals surface area (Å²) in [7, 11) is 3.62. The highest BCUT2D eigenvalue weighted by Crippen LogP contribution is 2.28. The highest BCUT2D eigenvalue weighted by molar-refractivity contribution is 6.08. The van der Waals surface area contributed by atoms with E-state index >= 15 is 0 Å². The van der Waals surface area contributed by atoms with Gasteiger partial charge in [0.25, 0.3) is 5.91 Å². The Morgan fingerprint density at radius 1 is 1.22 bits per heavy atom. The Balaban J connectivity index is 1.81. The highest BCUT2D eigenvalue weighted by Gasteiger charge is 2.19. The van der Waals surface area contributed by atoms with Crippen LogP contribution in [0.4, 0.5) is 0 Å². The first-order chi connectivity index (χ1) is 12.9. The number of nitrogens with one attached hydrogen (secondary N) is 1. The fourth-order valence-electron chi connectivity index (χ4n) is 3.76. The minimum Gasteiger partial charge on any atom is -0.497 e. The number of hydrogen-bond donors (Lipinski definition) is 1. The van der Waals surface area contributed by atoms with Gasteiger partial charge in [-0.1, -0.05) is 0 Å². The van der Waals surface area contributed by atoms with Crippen LogP contribution in [-0.2, 0) is 20.0 Å². The molecule has 2 aromatic heterocycles. The van der Waals surface area contributed by atoms with Crippen LogP contribution in [0.1, 0.15) is 39.9 Å². The predicted octanol–water partition coefficient (Wildman–Crippen LogP) is 3.30. The molecule has 27 heavy (non-hydrogen) atoms. The third kappa shape index (κ3) is 3.31. The smallest absolute Gasteiger partial charge is 0.253 e. The normalized spacial score (nSPS) is 11.2. The second-order valence-corrected chi connectivity index (χ2v) is 6.87. The summed E-state index contributed by atoms with van der Waals surface area (Å²) in [6.45, 7) is 9.61. The van der Waals surface area contributed by atoms with Gasteiger partial charge in [-0.2, -0.15) is 5.10 Å². The second-order valence-electron chi connectivity index (χ2n) is 6.87. The molecule has 3 rings (SSSR count). The van der Waals surface area contributed by atoms with E-state index in [2.05, 4.69) is 24.3 Å². The molecule has 2 heterocycles. The molecule has 0 aliphatic rings. The Bertz CT molecular complexity index is 998. The van der Waals surface area contributed by atoms with Crippen molar-refractivity contribution >= 4 is 16.8 Å². The summed E-state index contributed by atoms with van der Waals surface area (Å²) < 4.78 is 9.39. The van der Waals surface area contributed by atoms with Gasteiger partial charge in [0.05, 0.1) is 18.4 Å². The van der Waals surface area contributed by atoms with E-state index in [9.17, 15) is 4.79 Å². The van der Waals surface area contributed by atoms with Crippen molar-refractivity contribution in [3.8, 4) is 5.75 Å². The maximum Gasteiger partial charge on any atom is 0.253 e. The van der Waals surface area contributed by atoms with Gasteiger partial charge in [0.1, 0.15) is 5.75 Å². The average Bonchev–Trinajstić information content (AvgIpc) is 3.08. The van der Waals surface area contributed by atoms with Gasteiger partial charge >= 0.3 is 0 Å². The summed E-state index contributed by atoms with van der Waals surface area (Å²) in [6.07, 6.45) is 0.774. The van der Waals surface area contributed by atoms with E-state index in [0.29, 0.717) is 12.1 Å². The zero-order chi connectivity index (χ0) is 19.7. The highest BCUT2D eigenvalue weighted by atomic mass is 16.5. The molecule has 6 nitrogen and oxygen atoms in total. The Kier molecular flexibility index (Phi) is 5.26. The number of amides is 1. The number of hydrogen-bond acceptors (Lipinski definition) is 3. The predicted molar refractivity (Wildman–Crippen MR) is 108 cm³/mol. The van der Waals surface area contributed by atoms with Crippen LogP contribution >= 0.6 is 0 Å². The molecule has 0 spiro atoms. The number of nitrogens with zero attached hydrogens (tertiary/aromatic N) is 3. The van der Waals surface area contributed by atoms with Crippen LogP contribution in [0.15, 0.2) is 18.2 Å². The SMILES string of the molecule is CCn1nc(C)c(CCNC(=O)c2c(C)n(C)c3ccc(OC)cc23)c1C. The zero-order valence-corrected chi connectivity index (χ0v) is 17.0. The minimum atomic E-state index is -0.0513. The first-order valence-electron chi connectivity index (χ1n) is 9.33. The van der Waals surface area contributed by atoms with Crippen molar-refractivity contribution in [3.63, 3.8) is 0 Å². The van der Waals surface area contributed by atoms with Crippen molar-refractivity contribution in [2.75, 3.05) is 13.7 Å². The molecular formula is C21H28N4O2. The lowest BCUT2D eigenvalue weighted by molar-refractivity contribution is 0.0955. The number of methoxy groups -OCH3 is 1. The van der Waals surface area contributed by atoms with Crippen LogP contribution in [0.2, 0.25) is 0 Å². The summed E-state index contributed by atoms with van der Waals surface area (Å²) in [5.74, 6) is 0.699. The van der Waals surface area contributed by atoms with E-state index in [4.69, 9.17) is 4.74 Å². The number of aryl methyl sites for hydroxylation is 3. The van der Waals surface area contributed by atoms with Crippen molar-refractivity contribution in [3.05, 3.63) is 46.4 Å². The molecule has 0 bridgehead atoms. The van der Waals surface area contributed by atoms with E-state index in [0.717, 1.165) is 41.0 Å². The molecule has 3 aromatic rings. The molecule has 1 amide bonds. The monoisotopic (exact) mass is 368 g/mol. The molecule has 0 fully saturated rings. The first-order valence-corrected chi connectivity index (χ1v) is 9.33. The third-order valence-electron chi connectivity index (χ3n) is 5.42. The molecule has 0 aliphatic carbocycles. The van der Waals surface area contributed by atoms with Crippen LogP contribution in [0.5, 0.6) is 5.75 Å². The Morgan fingerprint density at radius 3 is 2.59 bits per heavy atom. The Labute approximate surface area is 160 Å². The molecule has 0 aliphatic heterocycles. The quantitative estimate of drug-likeness (QED) is 0.726. The number of ether oxygens (including phenoxy) is 1. The van der Waals surface area contributed by atoms with Crippen molar-refractivity contribution in [1.29, 1.82) is 0 Å². The number of carbonyl (C=O) groups excluding carboxylic acids is 1. The summed E-state index contributed by atoms with van der Waals surface area (Å²) in [5, 5.41) is 8.55. The second kappa shape index (κ2) is 7.47. The molecule has 0 saturated carbocycles. The number of carbonyl (C=O) groups is 1. The van der Waals surface area contributed by atoms with Gasteiger partial charge in [-0.15, -0.1) is 0 Å². The molecule has 1 aromatic carbocycles. The van der Waals surface area contributed by atoms with E-state index < -0.39 is 0 Å². The summed E-state index contributed by atoms with van der Waals surface area (Å²) in [4.78, 5) is 12.9. The van der Waals surface area contributed by atoms with E-state index in [1.54, 1.807) is 7.11 Å². The number of fused-ring (bicyclic) bond motifs is 1. The molecule has 144 valence electrons. The molecule has 0 radical (unpaired) electrons. The summed E-state index contributed by atoms with van der Waals surface area (Å²) in [6, 6.07) is 5.83. The lowest BCUT2D eigenvalue weighted by Crippen LogP contribution is -2.26. The van der Waals surface area contributed by atoms with Gasteiger partial charge in [-0.3, -0.25) is 9.48 Å². The molecule has 1 N–H and O–H groups in total. The van der Waals surface area contributed by atoms with Crippen LogP contribution in [-0.4, -0.2) is 33.9 Å². The third-order valence-corrected chi connectivity index (χ3v) is 5.42. The van der Waals surface area contributed by atoms with E-state index in [1.165, 1.54) is 11.3 Å². The van der Waals surface area contributed by atoms with Gasteiger partial charge in [-0.05, 0) is 57.9 Å². The molecule has 0 unspecified atom stereocenters. The summed E-state index contributed by atoms with van der Waals surface area (Å²) >= 11 is 0. The number of benzene rings is 1. The fraction of sp³-hybridized carbons (Fsp3) is 0.429. The summed E-state index contributed by atoms with van der Waals surface area (Å²) in [5.41, 5.74) is 6.11. The number of rotatable bonds is 6. The van der Waals surface area contributed by atoms with E-state index in [1.807, 2.05) is 48.3 Å². The van der Waals surface area contributed by atoms with Crippen LogP contribution < -0.4 is 10.1 Å². The maximum absolute atomic E-state index is 12.9. The van der Waals surface area contributed by atoms with Crippen molar-refractivity contribution < 1.29 is 9.53 Å². The van der Waals surface area contributed by atoms with E-state index in [-0.39, 0.29) is 5.91 Å². The van der Waals surface area contributed by atoms with Gasteiger partial charge in [0.15, 0.2) is 0 Å². The molecule has 0 atom stereocenters. The van der Waals surface area contributed by atoms with Crippen molar-refractivity contribution in [1.82, 2.24) is 19.7 Å². The number of aromatic nitrogens is 3. The van der Waals surface area contributed by atoms with Crippen LogP contribution in [0, 0.1) is 20.8 Å². The molecular weight excluding hydrogens is 340 g/mol. The van der Waals surface area contributed by atoms with Gasteiger partial charge < -0.3 is 14.6 Å². The maximum atomic E-state index is 12.9. The largest absolute Gasteiger partial charge is 0.497 e. The lowest BCUT2D eigenvalue weighted by atomic mass is 10.1. The van der Waals surface area contributed by atoms with Crippen molar-refractivity contribution in [2.45, 2.75) is 40.7 Å². The molecule has 6 heteroatoms. The van der Waals surface area contributed by atoms with Gasteiger partial charge in [0, 0.05) is 42.4 Å². The van der Waals surface area contributed by atoms with Gasteiger partial charge in [0.2, 0.25) is 0 Å². The van der Waals surface area contributed by atoms with Crippen LogP contribution in [0.25, 0.3) is 10.9 Å². The van der Waals surface area contributed by atoms with Gasteiger partial charge in [-0.25, -0.2) is 0 Å². The Hall–Kier alpha value is -2.76. The average molecular weight is 368 g/mol. The lowest BCUT2D eigenvalue weighted by Gasteiger charge is -2.07. The topological polar surface area (TPSA) is 61.1 Å². The Morgan fingerprint density at radius 2 is 1.96 bits per heavy atom. The first kappa shape index (κ1) is 19.0. The zero-order valence-electron chi connectivity index (χ0n) is 17.0. The molecule has 0 saturated heterocycles. The van der Waals surface area contributed by atoms with Crippen molar-refractivity contribution in [2.24, 2.45) is 7.05 Å². The standard InChI is InChI=1S/C21H28N4O2/c1-7-25-14(3)17(13(2)23-25)10-11-22-21(26)20-15(4)24(5)19-9-8-16(27-6)12-18(19)20/h8-9,12H,7,10-11H2,1-6H3,(H,22,26). The minimum absolute atomic E-state index is 0.0513.